The zero-order valence-electron chi connectivity index (χ0n) is 12.7. The van der Waals surface area contributed by atoms with Crippen molar-refractivity contribution in [2.24, 2.45) is 0 Å². The van der Waals surface area contributed by atoms with Crippen molar-refractivity contribution >= 4 is 17.6 Å². The predicted octanol–water partition coefficient (Wildman–Crippen LogP) is 3.38. The molecule has 0 aliphatic rings. The summed E-state index contributed by atoms with van der Waals surface area (Å²) in [6.45, 7) is 3.11. The fraction of sp³-hybridized carbons (Fsp3) is 0.176. The van der Waals surface area contributed by atoms with Crippen LogP contribution >= 0.6 is 0 Å². The number of ether oxygens (including phenoxy) is 1. The summed E-state index contributed by atoms with van der Waals surface area (Å²) in [4.78, 5) is 23.5. The summed E-state index contributed by atoms with van der Waals surface area (Å²) >= 11 is 0. The third-order valence-corrected chi connectivity index (χ3v) is 3.30. The molecule has 0 saturated carbocycles. The minimum absolute atomic E-state index is 0.304. The van der Waals surface area contributed by atoms with Crippen molar-refractivity contribution in [1.82, 2.24) is 0 Å². The minimum atomic E-state index is -0.904. The number of aryl methyl sites for hydroxylation is 2. The largest absolute Gasteiger partial charge is 0.452 e. The van der Waals surface area contributed by atoms with Crippen LogP contribution in [0.5, 0.6) is 0 Å². The molecule has 6 heteroatoms. The first-order valence-electron chi connectivity index (χ1n) is 6.86. The van der Waals surface area contributed by atoms with Crippen molar-refractivity contribution in [3.8, 4) is 0 Å². The molecule has 0 aliphatic heterocycles. The summed E-state index contributed by atoms with van der Waals surface area (Å²) in [6.07, 6.45) is 0. The average molecular weight is 319 g/mol. The van der Waals surface area contributed by atoms with Gasteiger partial charge in [0.2, 0.25) is 0 Å². The quantitative estimate of drug-likeness (QED) is 0.879. The Morgan fingerprint density at radius 2 is 1.70 bits per heavy atom. The lowest BCUT2D eigenvalue weighted by molar-refractivity contribution is -0.119. The Hall–Kier alpha value is -2.76. The molecule has 2 aromatic carbocycles. The van der Waals surface area contributed by atoms with Crippen LogP contribution in [0, 0.1) is 25.5 Å². The molecule has 1 N–H and O–H groups in total. The molecular weight excluding hydrogens is 304 g/mol. The molecule has 0 spiro atoms. The van der Waals surface area contributed by atoms with Gasteiger partial charge in [-0.25, -0.2) is 13.6 Å². The number of amides is 1. The highest BCUT2D eigenvalue weighted by molar-refractivity contribution is 5.95. The van der Waals surface area contributed by atoms with Crippen molar-refractivity contribution in [3.05, 3.63) is 64.7 Å². The first-order valence-corrected chi connectivity index (χ1v) is 6.86. The molecule has 2 rings (SSSR count). The fourth-order valence-corrected chi connectivity index (χ4v) is 1.88. The topological polar surface area (TPSA) is 55.4 Å². The van der Waals surface area contributed by atoms with E-state index in [9.17, 15) is 18.4 Å². The number of carbonyl (C=O) groups is 2. The molecule has 2 aromatic rings. The second-order valence-electron chi connectivity index (χ2n) is 5.02. The van der Waals surface area contributed by atoms with Crippen molar-refractivity contribution in [1.29, 1.82) is 0 Å². The van der Waals surface area contributed by atoms with Gasteiger partial charge < -0.3 is 10.1 Å². The second-order valence-corrected chi connectivity index (χ2v) is 5.02. The average Bonchev–Trinajstić information content (AvgIpc) is 2.51. The molecule has 0 bridgehead atoms. The summed E-state index contributed by atoms with van der Waals surface area (Å²) in [5.41, 5.74) is 1.67. The lowest BCUT2D eigenvalue weighted by Gasteiger charge is -2.09. The van der Waals surface area contributed by atoms with E-state index in [1.807, 2.05) is 19.2 Å². The number of carbonyl (C=O) groups excluding carboxylic acids is 2. The number of para-hydroxylation sites is 1. The van der Waals surface area contributed by atoms with Gasteiger partial charge in [0.25, 0.3) is 5.91 Å². The molecule has 0 unspecified atom stereocenters. The van der Waals surface area contributed by atoms with Crippen molar-refractivity contribution in [2.45, 2.75) is 13.8 Å². The lowest BCUT2D eigenvalue weighted by Crippen LogP contribution is -2.22. The fourth-order valence-electron chi connectivity index (χ4n) is 1.88. The maximum Gasteiger partial charge on any atom is 0.338 e. The second kappa shape index (κ2) is 7.00. The number of nitrogens with one attached hydrogen (secondary N) is 1. The summed E-state index contributed by atoms with van der Waals surface area (Å²) < 4.78 is 31.6. The van der Waals surface area contributed by atoms with Crippen LogP contribution in [0.2, 0.25) is 0 Å². The minimum Gasteiger partial charge on any atom is -0.452 e. The number of hydrogen-bond donors (Lipinski definition) is 1. The molecule has 0 radical (unpaired) electrons. The van der Waals surface area contributed by atoms with E-state index in [1.54, 1.807) is 18.2 Å². The highest BCUT2D eigenvalue weighted by atomic mass is 19.1. The maximum absolute atomic E-state index is 13.4. The zero-order chi connectivity index (χ0) is 17.0. The molecule has 0 aliphatic carbocycles. The number of hydrogen-bond acceptors (Lipinski definition) is 3. The Labute approximate surface area is 132 Å². The zero-order valence-corrected chi connectivity index (χ0v) is 12.7. The first kappa shape index (κ1) is 16.6. The van der Waals surface area contributed by atoms with E-state index in [-0.39, 0.29) is 0 Å². The molecule has 120 valence electrons. The number of benzene rings is 2. The highest BCUT2D eigenvalue weighted by Gasteiger charge is 2.14. The van der Waals surface area contributed by atoms with E-state index in [0.29, 0.717) is 5.56 Å². The molecular formula is C17H15F2NO3. The number of rotatable bonds is 4. The Bertz CT molecular complexity index is 739. The molecule has 0 fully saturated rings. The first-order chi connectivity index (χ1) is 10.9. The van der Waals surface area contributed by atoms with Gasteiger partial charge in [-0.2, -0.15) is 0 Å². The summed E-state index contributed by atoms with van der Waals surface area (Å²) in [5.74, 6) is -3.32. The van der Waals surface area contributed by atoms with Crippen LogP contribution in [0.25, 0.3) is 0 Å². The molecule has 0 saturated heterocycles. The van der Waals surface area contributed by atoms with Crippen LogP contribution in [0.3, 0.4) is 0 Å². The van der Waals surface area contributed by atoms with E-state index in [4.69, 9.17) is 4.74 Å². The number of esters is 1. The summed E-state index contributed by atoms with van der Waals surface area (Å²) in [5, 5.41) is 2.04. The molecule has 0 aromatic heterocycles. The number of anilines is 1. The summed E-state index contributed by atoms with van der Waals surface area (Å²) in [7, 11) is 0. The molecule has 1 amide bonds. The van der Waals surface area contributed by atoms with Crippen molar-refractivity contribution in [2.75, 3.05) is 11.9 Å². The van der Waals surface area contributed by atoms with Crippen LogP contribution in [0.1, 0.15) is 21.5 Å². The SMILES string of the molecule is Cc1ccc(C(=O)OCC(=O)Nc2c(F)cccc2F)cc1C. The van der Waals surface area contributed by atoms with E-state index in [1.165, 1.54) is 6.07 Å². The third kappa shape index (κ3) is 4.12. The van der Waals surface area contributed by atoms with Crippen LogP contribution in [-0.2, 0) is 9.53 Å². The monoisotopic (exact) mass is 319 g/mol. The van der Waals surface area contributed by atoms with Crippen molar-refractivity contribution in [3.63, 3.8) is 0 Å². The van der Waals surface area contributed by atoms with Gasteiger partial charge in [0.15, 0.2) is 6.61 Å². The summed E-state index contributed by atoms with van der Waals surface area (Å²) in [6, 6.07) is 8.20. The Kier molecular flexibility index (Phi) is 5.05. The Morgan fingerprint density at radius 3 is 2.30 bits per heavy atom. The van der Waals surface area contributed by atoms with Gasteiger partial charge in [-0.1, -0.05) is 12.1 Å². The molecule has 23 heavy (non-hydrogen) atoms. The third-order valence-electron chi connectivity index (χ3n) is 3.30. The standard InChI is InChI=1S/C17H15F2NO3/c1-10-6-7-12(8-11(10)2)17(22)23-9-15(21)20-16-13(18)4-3-5-14(16)19/h3-8H,9H2,1-2H3,(H,20,21). The molecule has 4 nitrogen and oxygen atoms in total. The van der Waals surface area contributed by atoms with Gasteiger partial charge >= 0.3 is 5.97 Å². The van der Waals surface area contributed by atoms with Crippen LogP contribution in [0.4, 0.5) is 14.5 Å². The van der Waals surface area contributed by atoms with Crippen LogP contribution in [-0.4, -0.2) is 18.5 Å². The van der Waals surface area contributed by atoms with Crippen LogP contribution in [0.15, 0.2) is 36.4 Å². The van der Waals surface area contributed by atoms with Crippen molar-refractivity contribution < 1.29 is 23.1 Å². The van der Waals surface area contributed by atoms with E-state index >= 15 is 0 Å². The molecule has 0 heterocycles. The van der Waals surface area contributed by atoms with Gasteiger partial charge in [-0.15, -0.1) is 0 Å². The smallest absolute Gasteiger partial charge is 0.338 e. The lowest BCUT2D eigenvalue weighted by atomic mass is 10.1. The Morgan fingerprint density at radius 1 is 1.04 bits per heavy atom. The van der Waals surface area contributed by atoms with Gasteiger partial charge in [0, 0.05) is 0 Å². The normalized spacial score (nSPS) is 10.3. The van der Waals surface area contributed by atoms with Gasteiger partial charge in [0.1, 0.15) is 17.3 Å². The van der Waals surface area contributed by atoms with E-state index in [2.05, 4.69) is 0 Å². The molecule has 0 atom stereocenters. The van der Waals surface area contributed by atoms with Crippen LogP contribution < -0.4 is 5.32 Å². The maximum atomic E-state index is 13.4. The number of halogens is 2. The van der Waals surface area contributed by atoms with E-state index in [0.717, 1.165) is 23.3 Å². The van der Waals surface area contributed by atoms with E-state index < -0.39 is 35.8 Å². The van der Waals surface area contributed by atoms with Gasteiger partial charge in [0.05, 0.1) is 5.56 Å². The Balaban J connectivity index is 1.96. The highest BCUT2D eigenvalue weighted by Crippen LogP contribution is 2.17. The van der Waals surface area contributed by atoms with Gasteiger partial charge in [-0.3, -0.25) is 4.79 Å². The van der Waals surface area contributed by atoms with Gasteiger partial charge in [-0.05, 0) is 49.2 Å². The predicted molar refractivity (Wildman–Crippen MR) is 81.2 cm³/mol.